The fourth-order valence-corrected chi connectivity index (χ4v) is 14.2. The third-order valence-electron chi connectivity index (χ3n) is 17.0. The maximum atomic E-state index is 13.2. The Bertz CT molecular complexity index is 1360. The van der Waals surface area contributed by atoms with Gasteiger partial charge in [0.2, 0.25) is 0 Å². The molecule has 11 nitrogen and oxygen atoms in total. The zero-order valence-electron chi connectivity index (χ0n) is 29.7. The van der Waals surface area contributed by atoms with Gasteiger partial charge in [0, 0.05) is 12.0 Å². The van der Waals surface area contributed by atoms with Gasteiger partial charge in [0.1, 0.15) is 18.3 Å². The average Bonchev–Trinajstić information content (AvgIpc) is 3.05. The van der Waals surface area contributed by atoms with E-state index in [1.54, 1.807) is 0 Å². The minimum atomic E-state index is -1.56. The number of allylic oxidation sites excluding steroid dienone is 2. The number of aliphatic hydroxyl groups is 7. The van der Waals surface area contributed by atoms with E-state index < -0.39 is 71.7 Å². The summed E-state index contributed by atoms with van der Waals surface area (Å²) >= 11 is 0. The Hall–Kier alpha value is -1.15. The monoisotopic (exact) mass is 692 g/mol. The van der Waals surface area contributed by atoms with E-state index in [0.717, 1.165) is 38.5 Å². The molecule has 1 spiro atoms. The highest BCUT2D eigenvalue weighted by atomic mass is 16.7. The van der Waals surface area contributed by atoms with Crippen molar-refractivity contribution < 1.29 is 55.1 Å². The smallest absolute Gasteiger partial charge is 0.310 e. The van der Waals surface area contributed by atoms with E-state index >= 15 is 0 Å². The van der Waals surface area contributed by atoms with Crippen molar-refractivity contribution in [2.45, 2.75) is 148 Å². The maximum absolute atomic E-state index is 13.2. The van der Waals surface area contributed by atoms with Crippen LogP contribution in [0.4, 0.5) is 0 Å². The van der Waals surface area contributed by atoms with Crippen molar-refractivity contribution in [2.75, 3.05) is 19.8 Å². The van der Waals surface area contributed by atoms with E-state index in [0.29, 0.717) is 38.5 Å². The Morgan fingerprint density at radius 2 is 1.65 bits per heavy atom. The molecule has 0 radical (unpaired) electrons. The lowest BCUT2D eigenvalue weighted by Gasteiger charge is -2.79. The Kier molecular flexibility index (Phi) is 8.63. The van der Waals surface area contributed by atoms with E-state index in [9.17, 15) is 45.6 Å². The normalized spacial score (nSPS) is 55.9. The number of carboxylic acid groups (broad SMARTS) is 1. The molecular formula is C38H60O11. The van der Waals surface area contributed by atoms with Crippen LogP contribution in [0.2, 0.25) is 0 Å². The second-order valence-electron chi connectivity index (χ2n) is 18.6. The molecule has 6 aliphatic carbocycles. The molecule has 6 fully saturated rings. The van der Waals surface area contributed by atoms with Crippen molar-refractivity contribution in [1.82, 2.24) is 0 Å². The van der Waals surface area contributed by atoms with E-state index in [-0.39, 0.29) is 46.7 Å². The number of hydrogen-bond acceptors (Lipinski definition) is 10. The van der Waals surface area contributed by atoms with Crippen molar-refractivity contribution in [3.63, 3.8) is 0 Å². The Labute approximate surface area is 289 Å². The van der Waals surface area contributed by atoms with E-state index in [1.165, 1.54) is 5.57 Å². The summed E-state index contributed by atoms with van der Waals surface area (Å²) in [5, 5.41) is 86.8. The Morgan fingerprint density at radius 1 is 0.939 bits per heavy atom. The standard InChI is InChI=1S/C38H60O11/c1-32(20-40)12-13-36(31(46)47)14-15-37-8-5-9-38(11-6-21(37)22(36)16-32)33(2)17-23(41)29(49-30-28(45)27(44)24(42)19-48-30)35(4,26(43)18-39)25(33)7-10-34(37,38)3/h6,22-30,39-45H,5,7-20H2,1-4H3,(H,46,47)/t22-,23+,24+,25-,26+,27-,28+,29+,30-,32-,33-,34-,35+,36-,37+,38+/m0/s1. The quantitative estimate of drug-likeness (QED) is 0.150. The van der Waals surface area contributed by atoms with Crippen LogP contribution in [0.1, 0.15) is 105 Å². The highest BCUT2D eigenvalue weighted by molar-refractivity contribution is 5.76. The second kappa shape index (κ2) is 11.7. The highest BCUT2D eigenvalue weighted by Crippen LogP contribution is 2.84. The van der Waals surface area contributed by atoms with Crippen LogP contribution < -0.4 is 0 Å². The molecule has 7 aliphatic rings. The molecule has 2 bridgehead atoms. The SMILES string of the molecule is C[C@]1(CO)CC[C@]2(C(=O)O)CC[C@]34CCC[C@]5(CC=C3[C@@H]2C1)[C@@]4(C)CC[C@@H]1[C@](C)([C@H](O)CO)[C@H](O[C@@H]2OC[C@@H](O)[C@H](O)[C@H]2O)[C@H](O)C[C@@]15C. The summed E-state index contributed by atoms with van der Waals surface area (Å²) in [7, 11) is 0. The molecule has 0 unspecified atom stereocenters. The summed E-state index contributed by atoms with van der Waals surface area (Å²) in [6, 6.07) is 0. The van der Waals surface area contributed by atoms with Crippen LogP contribution in [0, 0.1) is 49.7 Å². The molecule has 7 rings (SSSR count). The van der Waals surface area contributed by atoms with Gasteiger partial charge in [0.15, 0.2) is 6.29 Å². The van der Waals surface area contributed by atoms with Crippen molar-refractivity contribution in [3.05, 3.63) is 11.6 Å². The average molecular weight is 693 g/mol. The summed E-state index contributed by atoms with van der Waals surface area (Å²) in [5.74, 6) is -1.06. The van der Waals surface area contributed by atoms with Gasteiger partial charge in [-0.15, -0.1) is 0 Å². The van der Waals surface area contributed by atoms with Crippen LogP contribution in [0.5, 0.6) is 0 Å². The largest absolute Gasteiger partial charge is 0.481 e. The summed E-state index contributed by atoms with van der Waals surface area (Å²) in [5.41, 5.74) is -2.24. The molecule has 1 saturated heterocycles. The fourth-order valence-electron chi connectivity index (χ4n) is 14.2. The number of aliphatic hydroxyl groups excluding tert-OH is 7. The number of aliphatic carboxylic acids is 1. The summed E-state index contributed by atoms with van der Waals surface area (Å²) in [6.45, 7) is 7.88. The highest BCUT2D eigenvalue weighted by Gasteiger charge is 2.78. The van der Waals surface area contributed by atoms with Crippen LogP contribution in [0.3, 0.4) is 0 Å². The minimum Gasteiger partial charge on any atom is -0.481 e. The molecule has 8 N–H and O–H groups in total. The first-order valence-corrected chi connectivity index (χ1v) is 18.8. The predicted molar refractivity (Wildman–Crippen MR) is 177 cm³/mol. The first kappa shape index (κ1) is 36.2. The molecule has 11 heteroatoms. The maximum Gasteiger partial charge on any atom is 0.310 e. The van der Waals surface area contributed by atoms with Crippen LogP contribution >= 0.6 is 0 Å². The number of hydrogen-bond donors (Lipinski definition) is 8. The molecule has 49 heavy (non-hydrogen) atoms. The first-order valence-electron chi connectivity index (χ1n) is 18.8. The zero-order valence-corrected chi connectivity index (χ0v) is 29.7. The molecule has 16 atom stereocenters. The molecule has 0 aromatic carbocycles. The summed E-state index contributed by atoms with van der Waals surface area (Å²) in [6.07, 6.45) is 2.15. The Morgan fingerprint density at radius 3 is 2.33 bits per heavy atom. The van der Waals surface area contributed by atoms with Gasteiger partial charge in [0.25, 0.3) is 0 Å². The van der Waals surface area contributed by atoms with Gasteiger partial charge in [-0.1, -0.05) is 45.8 Å². The molecule has 0 aromatic heterocycles. The summed E-state index contributed by atoms with van der Waals surface area (Å²) in [4.78, 5) is 13.2. The first-order chi connectivity index (χ1) is 23.0. The molecular weight excluding hydrogens is 632 g/mol. The van der Waals surface area contributed by atoms with E-state index in [2.05, 4.69) is 26.8 Å². The van der Waals surface area contributed by atoms with Crippen molar-refractivity contribution in [3.8, 4) is 0 Å². The van der Waals surface area contributed by atoms with Crippen LogP contribution in [-0.2, 0) is 14.3 Å². The van der Waals surface area contributed by atoms with Crippen LogP contribution in [0.25, 0.3) is 0 Å². The topological polar surface area (TPSA) is 197 Å². The van der Waals surface area contributed by atoms with Crippen LogP contribution in [-0.4, -0.2) is 110 Å². The van der Waals surface area contributed by atoms with Gasteiger partial charge < -0.3 is 50.3 Å². The van der Waals surface area contributed by atoms with Crippen molar-refractivity contribution in [2.24, 2.45) is 49.7 Å². The van der Waals surface area contributed by atoms with E-state index in [4.69, 9.17) is 9.47 Å². The third kappa shape index (κ3) is 4.43. The molecule has 1 aliphatic heterocycles. The van der Waals surface area contributed by atoms with Gasteiger partial charge in [0.05, 0.1) is 36.9 Å². The third-order valence-corrected chi connectivity index (χ3v) is 17.0. The van der Waals surface area contributed by atoms with Crippen molar-refractivity contribution >= 4 is 5.97 Å². The number of ether oxygens (including phenoxy) is 2. The molecule has 5 saturated carbocycles. The fraction of sp³-hybridized carbons (Fsp3) is 0.921. The molecule has 0 aromatic rings. The number of rotatable bonds is 6. The van der Waals surface area contributed by atoms with Gasteiger partial charge in [-0.25, -0.2) is 0 Å². The van der Waals surface area contributed by atoms with Gasteiger partial charge in [-0.3, -0.25) is 4.79 Å². The van der Waals surface area contributed by atoms with Gasteiger partial charge in [-0.2, -0.15) is 0 Å². The van der Waals surface area contributed by atoms with E-state index in [1.807, 2.05) is 6.92 Å². The summed E-state index contributed by atoms with van der Waals surface area (Å²) < 4.78 is 11.9. The Balaban J connectivity index is 1.31. The van der Waals surface area contributed by atoms with Gasteiger partial charge in [-0.05, 0) is 110 Å². The number of fused-ring (bicyclic) bond motifs is 3. The van der Waals surface area contributed by atoms with Crippen LogP contribution in [0.15, 0.2) is 11.6 Å². The predicted octanol–water partition coefficient (Wildman–Crippen LogP) is 2.51. The molecule has 1 heterocycles. The zero-order chi connectivity index (χ0) is 35.6. The number of carbonyl (C=O) groups is 1. The molecule has 0 amide bonds. The van der Waals surface area contributed by atoms with Gasteiger partial charge >= 0.3 is 5.97 Å². The lowest BCUT2D eigenvalue weighted by molar-refractivity contribution is -0.350. The number of carboxylic acids is 1. The second-order valence-corrected chi connectivity index (χ2v) is 18.6. The lowest BCUT2D eigenvalue weighted by Crippen LogP contribution is -2.75. The minimum absolute atomic E-state index is 0.0375. The lowest BCUT2D eigenvalue weighted by atomic mass is 9.25. The molecule has 278 valence electrons. The van der Waals surface area contributed by atoms with Crippen molar-refractivity contribution in [1.29, 1.82) is 0 Å².